The summed E-state index contributed by atoms with van der Waals surface area (Å²) in [7, 11) is 0. The number of piperazine rings is 1. The first-order chi connectivity index (χ1) is 10.2. The van der Waals surface area contributed by atoms with Crippen LogP contribution in [0.5, 0.6) is 0 Å². The number of nitrogens with zero attached hydrogens (tertiary/aromatic N) is 2. The minimum Gasteiger partial charge on any atom is -0.462 e. The fraction of sp³-hybridized carbons (Fsp3) is 0.562. The second kappa shape index (κ2) is 5.93. The number of rotatable bonds is 3. The summed E-state index contributed by atoms with van der Waals surface area (Å²) in [6, 6.07) is 6.34. The van der Waals surface area contributed by atoms with E-state index in [1.165, 1.54) is 19.4 Å². The van der Waals surface area contributed by atoms with E-state index in [0.29, 0.717) is 23.9 Å². The van der Waals surface area contributed by atoms with Gasteiger partial charge in [0, 0.05) is 37.1 Å². The maximum atomic E-state index is 12.0. The Balaban J connectivity index is 1.79. The molecule has 2 fully saturated rings. The first kappa shape index (κ1) is 14.2. The van der Waals surface area contributed by atoms with Gasteiger partial charge in [0.2, 0.25) is 0 Å². The number of nitrogen functional groups attached to an aromatic ring is 1. The minimum atomic E-state index is -0.337. The number of carbonyl (C=O) groups is 1. The summed E-state index contributed by atoms with van der Waals surface area (Å²) in [6.45, 7) is 6.54. The molecule has 5 nitrogen and oxygen atoms in total. The molecule has 1 atom stereocenters. The molecule has 2 saturated heterocycles. The highest BCUT2D eigenvalue weighted by Crippen LogP contribution is 2.27. The molecule has 2 aliphatic heterocycles. The van der Waals surface area contributed by atoms with E-state index < -0.39 is 0 Å². The number of esters is 1. The third-order valence-electron chi connectivity index (χ3n) is 4.48. The SMILES string of the molecule is CCOC(=O)c1cc(N2CCN3CCCC3C2)ccc1N. The number of ether oxygens (including phenoxy) is 1. The Morgan fingerprint density at radius 1 is 1.38 bits per heavy atom. The average Bonchev–Trinajstić information content (AvgIpc) is 2.95. The molecule has 0 aliphatic carbocycles. The lowest BCUT2D eigenvalue weighted by atomic mass is 10.1. The van der Waals surface area contributed by atoms with Crippen LogP contribution in [0.15, 0.2) is 18.2 Å². The Bertz CT molecular complexity index is 532. The van der Waals surface area contributed by atoms with Crippen LogP contribution < -0.4 is 10.6 Å². The van der Waals surface area contributed by atoms with E-state index in [4.69, 9.17) is 10.5 Å². The van der Waals surface area contributed by atoms with E-state index in [9.17, 15) is 4.79 Å². The summed E-state index contributed by atoms with van der Waals surface area (Å²) in [6.07, 6.45) is 2.57. The molecule has 2 N–H and O–H groups in total. The smallest absolute Gasteiger partial charge is 0.340 e. The molecular weight excluding hydrogens is 266 g/mol. The van der Waals surface area contributed by atoms with Gasteiger partial charge < -0.3 is 15.4 Å². The van der Waals surface area contributed by atoms with E-state index in [-0.39, 0.29) is 5.97 Å². The number of anilines is 2. The van der Waals surface area contributed by atoms with Crippen molar-refractivity contribution >= 4 is 17.3 Å². The number of carbonyl (C=O) groups excluding carboxylic acids is 1. The summed E-state index contributed by atoms with van der Waals surface area (Å²) >= 11 is 0. The van der Waals surface area contributed by atoms with Crippen LogP contribution in [0.1, 0.15) is 30.1 Å². The standard InChI is InChI=1S/C16H23N3O2/c1-2-21-16(20)14-10-12(5-6-15(14)17)19-9-8-18-7-3-4-13(18)11-19/h5-6,10,13H,2-4,7-9,11,17H2,1H3. The Morgan fingerprint density at radius 2 is 2.24 bits per heavy atom. The number of hydrogen-bond donors (Lipinski definition) is 1. The molecule has 3 rings (SSSR count). The predicted molar refractivity (Wildman–Crippen MR) is 83.6 cm³/mol. The highest BCUT2D eigenvalue weighted by molar-refractivity contribution is 5.96. The van der Waals surface area contributed by atoms with E-state index >= 15 is 0 Å². The van der Waals surface area contributed by atoms with Crippen molar-refractivity contribution < 1.29 is 9.53 Å². The maximum Gasteiger partial charge on any atom is 0.340 e. The van der Waals surface area contributed by atoms with Gasteiger partial charge in [-0.3, -0.25) is 4.90 Å². The van der Waals surface area contributed by atoms with Crippen molar-refractivity contribution in [2.24, 2.45) is 0 Å². The molecule has 2 aliphatic rings. The van der Waals surface area contributed by atoms with Crippen LogP contribution in [0.25, 0.3) is 0 Å². The van der Waals surface area contributed by atoms with Crippen LogP contribution in [-0.2, 0) is 4.74 Å². The topological polar surface area (TPSA) is 58.8 Å². The van der Waals surface area contributed by atoms with Gasteiger partial charge in [-0.05, 0) is 44.5 Å². The van der Waals surface area contributed by atoms with Crippen LogP contribution in [-0.4, -0.2) is 49.7 Å². The summed E-state index contributed by atoms with van der Waals surface area (Å²) in [5.41, 5.74) is 7.93. The largest absolute Gasteiger partial charge is 0.462 e. The molecule has 1 unspecified atom stereocenters. The molecule has 0 bridgehead atoms. The Kier molecular flexibility index (Phi) is 4.01. The molecule has 0 amide bonds. The van der Waals surface area contributed by atoms with E-state index in [1.54, 1.807) is 6.92 Å². The van der Waals surface area contributed by atoms with E-state index in [2.05, 4.69) is 9.80 Å². The molecule has 21 heavy (non-hydrogen) atoms. The zero-order valence-corrected chi connectivity index (χ0v) is 12.5. The average molecular weight is 289 g/mol. The zero-order valence-electron chi connectivity index (χ0n) is 12.5. The van der Waals surface area contributed by atoms with Crippen molar-refractivity contribution in [1.29, 1.82) is 0 Å². The fourth-order valence-corrected chi connectivity index (χ4v) is 3.35. The summed E-state index contributed by atoms with van der Waals surface area (Å²) in [5.74, 6) is -0.337. The normalized spacial score (nSPS) is 22.1. The number of hydrogen-bond acceptors (Lipinski definition) is 5. The van der Waals surface area contributed by atoms with Crippen molar-refractivity contribution in [3.63, 3.8) is 0 Å². The molecule has 2 heterocycles. The van der Waals surface area contributed by atoms with Crippen LogP contribution in [0.2, 0.25) is 0 Å². The van der Waals surface area contributed by atoms with Gasteiger partial charge in [-0.1, -0.05) is 0 Å². The molecular formula is C16H23N3O2. The van der Waals surface area contributed by atoms with Crippen LogP contribution in [0.3, 0.4) is 0 Å². The third-order valence-corrected chi connectivity index (χ3v) is 4.48. The number of benzene rings is 1. The second-order valence-corrected chi connectivity index (χ2v) is 5.77. The lowest BCUT2D eigenvalue weighted by Crippen LogP contribution is -2.50. The van der Waals surface area contributed by atoms with Gasteiger partial charge in [0.15, 0.2) is 0 Å². The summed E-state index contributed by atoms with van der Waals surface area (Å²) < 4.78 is 5.07. The molecule has 0 saturated carbocycles. The molecule has 1 aromatic rings. The summed E-state index contributed by atoms with van der Waals surface area (Å²) in [5, 5.41) is 0. The maximum absolute atomic E-state index is 12.0. The van der Waals surface area contributed by atoms with Gasteiger partial charge in [0.25, 0.3) is 0 Å². The summed E-state index contributed by atoms with van der Waals surface area (Å²) in [4.78, 5) is 16.9. The number of nitrogens with two attached hydrogens (primary N) is 1. The highest BCUT2D eigenvalue weighted by atomic mass is 16.5. The lowest BCUT2D eigenvalue weighted by Gasteiger charge is -2.39. The molecule has 0 spiro atoms. The monoisotopic (exact) mass is 289 g/mol. The molecule has 5 heteroatoms. The molecule has 0 radical (unpaired) electrons. The Morgan fingerprint density at radius 3 is 3.05 bits per heavy atom. The van der Waals surface area contributed by atoms with Crippen LogP contribution >= 0.6 is 0 Å². The Labute approximate surface area is 125 Å². The molecule has 114 valence electrons. The van der Waals surface area contributed by atoms with Crippen molar-refractivity contribution in [3.8, 4) is 0 Å². The minimum absolute atomic E-state index is 0.337. The van der Waals surface area contributed by atoms with Gasteiger partial charge >= 0.3 is 5.97 Å². The predicted octanol–water partition coefficient (Wildman–Crippen LogP) is 1.73. The first-order valence-corrected chi connectivity index (χ1v) is 7.74. The van der Waals surface area contributed by atoms with Gasteiger partial charge in [-0.25, -0.2) is 4.79 Å². The fourth-order valence-electron chi connectivity index (χ4n) is 3.35. The Hall–Kier alpha value is -1.75. The zero-order chi connectivity index (χ0) is 14.8. The van der Waals surface area contributed by atoms with Gasteiger partial charge in [-0.15, -0.1) is 0 Å². The van der Waals surface area contributed by atoms with Crippen molar-refractivity contribution in [2.45, 2.75) is 25.8 Å². The molecule has 0 aromatic heterocycles. The van der Waals surface area contributed by atoms with Crippen LogP contribution in [0, 0.1) is 0 Å². The quantitative estimate of drug-likeness (QED) is 0.678. The van der Waals surface area contributed by atoms with Gasteiger partial charge in [0.1, 0.15) is 0 Å². The van der Waals surface area contributed by atoms with Crippen molar-refractivity contribution in [3.05, 3.63) is 23.8 Å². The van der Waals surface area contributed by atoms with E-state index in [0.717, 1.165) is 25.3 Å². The second-order valence-electron chi connectivity index (χ2n) is 5.77. The van der Waals surface area contributed by atoms with Crippen molar-refractivity contribution in [1.82, 2.24) is 4.90 Å². The first-order valence-electron chi connectivity index (χ1n) is 7.74. The van der Waals surface area contributed by atoms with Crippen molar-refractivity contribution in [2.75, 3.05) is 43.4 Å². The lowest BCUT2D eigenvalue weighted by molar-refractivity contribution is 0.0527. The number of fused-ring (bicyclic) bond motifs is 1. The highest BCUT2D eigenvalue weighted by Gasteiger charge is 2.30. The molecule has 1 aromatic carbocycles. The van der Waals surface area contributed by atoms with Crippen LogP contribution in [0.4, 0.5) is 11.4 Å². The van der Waals surface area contributed by atoms with Gasteiger partial charge in [0.05, 0.1) is 12.2 Å². The van der Waals surface area contributed by atoms with E-state index in [1.807, 2.05) is 18.2 Å². The van der Waals surface area contributed by atoms with Gasteiger partial charge in [-0.2, -0.15) is 0 Å². The third kappa shape index (κ3) is 2.83.